The van der Waals surface area contributed by atoms with E-state index in [4.69, 9.17) is 29.6 Å². The second kappa shape index (κ2) is 48.0. The van der Waals surface area contributed by atoms with Crippen molar-refractivity contribution in [2.75, 3.05) is 62.3 Å². The highest BCUT2D eigenvalue weighted by Gasteiger charge is 2.54. The van der Waals surface area contributed by atoms with Crippen LogP contribution in [0.5, 0.6) is 0 Å². The van der Waals surface area contributed by atoms with Gasteiger partial charge in [0.25, 0.3) is 0 Å². The Morgan fingerprint density at radius 1 is 0.414 bits per heavy atom. The monoisotopic (exact) mass is 1870 g/mol. The summed E-state index contributed by atoms with van der Waals surface area (Å²) in [5, 5.41) is 15.6. The molecule has 3 unspecified atom stereocenters. The summed E-state index contributed by atoms with van der Waals surface area (Å²) in [6.07, 6.45) is 24.8. The number of carbonyl (C=O) groups excluding carboxylic acids is 7. The van der Waals surface area contributed by atoms with Crippen LogP contribution in [0.25, 0.3) is 0 Å². The van der Waals surface area contributed by atoms with Gasteiger partial charge in [-0.3, -0.25) is 33.6 Å². The van der Waals surface area contributed by atoms with E-state index in [9.17, 15) is 33.6 Å². The number of anilines is 3. The Hall–Kier alpha value is -12.2. The predicted octanol–water partition coefficient (Wildman–Crippen LogP) is 20.5. The van der Waals surface area contributed by atoms with E-state index in [1.54, 1.807) is 44.3 Å². The molecule has 3 spiro atoms. The first-order valence-electron chi connectivity index (χ1n) is 46.0. The maximum absolute atomic E-state index is 13.1. The predicted molar refractivity (Wildman–Crippen MR) is 541 cm³/mol. The molecule has 7 aromatic carbocycles. The molecule has 0 radical (unpaired) electrons. The van der Waals surface area contributed by atoms with E-state index in [1.807, 2.05) is 206 Å². The van der Waals surface area contributed by atoms with Gasteiger partial charge in [0.15, 0.2) is 0 Å². The van der Waals surface area contributed by atoms with Crippen LogP contribution in [-0.2, 0) is 121 Å². The quantitative estimate of drug-likeness (QED) is 0.0357. The molecule has 0 fully saturated rings. The SMILES string of the molecule is C#CCCCc1ccccc1.C#CCN(Cc1ccccc1)C(=O)C(C)(C)C.CC(C)(C)C(=O)Cl.CC(C)(C)C(=O)N(CC#Cc1ccc2c(c1)CC1(C2)C(=O)Nc2ncccc21)Cc1ccccc1.CC(C)(C)C(=O)N(CCCc1ccc2c(c1)CC1(C2)C(=O)Nc2ncccc21)Cc1ccccc1.CCN(CC)CC.CO.O=C1Nc2ncccc2C12Cc1ccc(Br)cc1C2. The molecule has 3 atom stereocenters. The van der Waals surface area contributed by atoms with Gasteiger partial charge in [-0.25, -0.2) is 15.0 Å². The van der Waals surface area contributed by atoms with Crippen molar-refractivity contribution in [2.24, 2.45) is 21.7 Å². The van der Waals surface area contributed by atoms with E-state index in [2.05, 4.69) is 175 Å². The second-order valence-corrected chi connectivity index (χ2v) is 39.7. The minimum absolute atomic E-state index is 0.0206. The highest BCUT2D eigenvalue weighted by molar-refractivity contribution is 9.10. The first-order valence-corrected chi connectivity index (χ1v) is 47.1. The summed E-state index contributed by atoms with van der Waals surface area (Å²) in [7, 11) is 1.00. The Labute approximate surface area is 803 Å². The number of aryl methyl sites for hydroxylation is 2. The lowest BCUT2D eigenvalue weighted by molar-refractivity contribution is -0.140. The van der Waals surface area contributed by atoms with Crippen molar-refractivity contribution in [3.63, 3.8) is 0 Å². The summed E-state index contributed by atoms with van der Waals surface area (Å²) in [5.74, 6) is 14.2. The lowest BCUT2D eigenvalue weighted by atomic mass is 9.79. The van der Waals surface area contributed by atoms with E-state index in [0.717, 1.165) is 113 Å². The van der Waals surface area contributed by atoms with Crippen LogP contribution < -0.4 is 16.0 Å². The summed E-state index contributed by atoms with van der Waals surface area (Å²) in [5.41, 5.74) is 14.0. The molecule has 6 aliphatic rings. The molecular formula is C113H132BrClN10O8. The Kier molecular flexibility index (Phi) is 37.7. The largest absolute Gasteiger partial charge is 0.400 e. The van der Waals surface area contributed by atoms with Crippen molar-refractivity contribution >= 4 is 85.7 Å². The average molecular weight is 1870 g/mol. The number of hydrogen-bond donors (Lipinski definition) is 4. The Morgan fingerprint density at radius 3 is 1.14 bits per heavy atom. The van der Waals surface area contributed by atoms with Gasteiger partial charge in [-0.2, -0.15) is 0 Å². The van der Waals surface area contributed by atoms with Crippen LogP contribution in [0.1, 0.15) is 207 Å². The fourth-order valence-corrected chi connectivity index (χ4v) is 17.5. The number of hydrogen-bond acceptors (Lipinski definition) is 12. The second-order valence-electron chi connectivity index (χ2n) is 38.4. The molecule has 6 amide bonds. The minimum Gasteiger partial charge on any atom is -0.400 e. The van der Waals surface area contributed by atoms with Crippen molar-refractivity contribution in [3.05, 3.63) is 319 Å². The van der Waals surface area contributed by atoms with Gasteiger partial charge in [0.05, 0.1) is 29.3 Å². The first kappa shape index (κ1) is 105. The van der Waals surface area contributed by atoms with Crippen LogP contribution in [0.2, 0.25) is 0 Å². The minimum atomic E-state index is -0.580. The number of aliphatic hydroxyl groups excluding tert-OH is 1. The third kappa shape index (κ3) is 28.0. The molecule has 0 saturated carbocycles. The van der Waals surface area contributed by atoms with Gasteiger partial charge in [0.1, 0.15) is 17.5 Å². The Bertz CT molecular complexity index is 5790. The van der Waals surface area contributed by atoms with Gasteiger partial charge >= 0.3 is 0 Å². The van der Waals surface area contributed by atoms with Gasteiger partial charge < -0.3 is 40.7 Å². The highest BCUT2D eigenvalue weighted by atomic mass is 79.9. The highest BCUT2D eigenvalue weighted by Crippen LogP contribution is 2.50. The van der Waals surface area contributed by atoms with Crippen LogP contribution in [0.4, 0.5) is 17.5 Å². The van der Waals surface area contributed by atoms with Crippen molar-refractivity contribution in [3.8, 4) is 36.5 Å². The number of aromatic nitrogens is 3. The molecule has 696 valence electrons. The molecule has 20 heteroatoms. The number of carbonyl (C=O) groups is 7. The number of rotatable bonds is 18. The van der Waals surface area contributed by atoms with Crippen molar-refractivity contribution < 1.29 is 38.7 Å². The van der Waals surface area contributed by atoms with Gasteiger partial charge in [0.2, 0.25) is 40.7 Å². The van der Waals surface area contributed by atoms with Crippen molar-refractivity contribution in [1.82, 2.24) is 34.6 Å². The topological polar surface area (TPSA) is 227 Å². The van der Waals surface area contributed by atoms with Crippen molar-refractivity contribution in [2.45, 2.75) is 210 Å². The maximum Gasteiger partial charge on any atom is 0.237 e. The number of aliphatic hydroxyl groups is 1. The van der Waals surface area contributed by atoms with Gasteiger partial charge in [-0.05, 0) is 199 Å². The fraction of sp³-hybridized carbons (Fsp3) is 0.381. The van der Waals surface area contributed by atoms with E-state index in [1.165, 1.54) is 58.6 Å². The number of amides is 6. The molecule has 4 N–H and O–H groups in total. The standard InChI is InChI=1S/C30H33N3O2.C30H29N3O2.C15H11BrN2O.C15H19NO.C11H12.C6H15N.C5H9ClO.CH4O/c2*1-29(2,3)28(35)33(20-22-9-5-4-6-10-22)16-8-11-21-13-14-23-18-30(19-24(23)17-21)25-12-7-15-31-26(25)32-27(30)34;16-11-4-3-9-7-15(8-10(9)6-11)12-2-1-5-17-13(12)18-14(15)19;1-5-11-16(14(17)15(2,3)4)12-13-9-7-6-8-10-13;1-2-3-5-8-11-9-6-4-7-10-11;1-4-7(5-2)6-3;1-5(2,3)4(6)7;1-2/h4-7,9-10,12-15,17H,8,11,16,18-20H2,1-3H3,(H,31,32,34);4-7,9-10,12-15,17H,16,18-20H2,1-3H3,(H,31,32,34);1-6H,7-8H2,(H,17,18,19);1,6-10H,11-12H2,2-4H3;1,4,6-7,9-10H,3,5,8H2;4-6H2,1-3H3;1-3H3;2H,1H3. The number of nitrogens with zero attached hydrogens (tertiary/aromatic N) is 7. The zero-order chi connectivity index (χ0) is 96.9. The molecule has 10 aromatic rings. The molecule has 133 heavy (non-hydrogen) atoms. The summed E-state index contributed by atoms with van der Waals surface area (Å²) in [4.78, 5) is 108. The molecule has 0 bridgehead atoms. The summed E-state index contributed by atoms with van der Waals surface area (Å²) in [6, 6.07) is 71.3. The molecule has 0 saturated heterocycles. The molecule has 3 aliphatic carbocycles. The van der Waals surface area contributed by atoms with E-state index >= 15 is 0 Å². The summed E-state index contributed by atoms with van der Waals surface area (Å²) < 4.78 is 1.06. The van der Waals surface area contributed by atoms with E-state index in [-0.39, 0.29) is 46.1 Å². The normalized spacial score (nSPS) is 16.2. The third-order valence-corrected chi connectivity index (χ3v) is 25.3. The molecular weight excluding hydrogens is 1740 g/mol. The van der Waals surface area contributed by atoms with Crippen LogP contribution in [0.3, 0.4) is 0 Å². The molecule has 3 aromatic heterocycles. The van der Waals surface area contributed by atoms with Crippen LogP contribution >= 0.6 is 27.5 Å². The van der Waals surface area contributed by atoms with Gasteiger partial charge in [-0.1, -0.05) is 307 Å². The lowest BCUT2D eigenvalue weighted by Gasteiger charge is -2.30. The molecule has 3 aliphatic heterocycles. The van der Waals surface area contributed by atoms with Crippen LogP contribution in [0, 0.1) is 58.2 Å². The maximum atomic E-state index is 13.1. The zero-order valence-electron chi connectivity index (χ0n) is 80.4. The van der Waals surface area contributed by atoms with E-state index < -0.39 is 32.5 Å². The molecule has 6 heterocycles. The fourth-order valence-electron chi connectivity index (χ4n) is 17.1. The van der Waals surface area contributed by atoms with Crippen LogP contribution in [-0.4, -0.2) is 127 Å². The number of fused-ring (bicyclic) bond motifs is 9. The number of unbranched alkanes of at least 4 members (excludes halogenated alkanes) is 1. The smallest absolute Gasteiger partial charge is 0.237 e. The molecule has 18 nitrogen and oxygen atoms in total. The number of terminal acetylenes is 2. The van der Waals surface area contributed by atoms with Gasteiger partial charge in [-0.15, -0.1) is 18.8 Å². The number of pyridine rings is 3. The molecule has 16 rings (SSSR count). The van der Waals surface area contributed by atoms with Crippen LogP contribution in [0.15, 0.2) is 235 Å². The zero-order valence-corrected chi connectivity index (χ0v) is 82.8. The number of halogens is 2. The number of benzene rings is 7. The Balaban J connectivity index is 0.000000187. The first-order chi connectivity index (χ1) is 63.4. The van der Waals surface area contributed by atoms with Gasteiger partial charge in [0, 0.05) is 107 Å². The number of nitrogens with one attached hydrogen (secondary N) is 3. The summed E-state index contributed by atoms with van der Waals surface area (Å²) >= 11 is 8.61. The van der Waals surface area contributed by atoms with Crippen molar-refractivity contribution in [1.29, 1.82) is 0 Å². The summed E-state index contributed by atoms with van der Waals surface area (Å²) in [6.45, 7) is 36.1. The average Bonchev–Trinajstić information content (AvgIpc) is 1.58. The Morgan fingerprint density at radius 2 is 0.759 bits per heavy atom. The lowest BCUT2D eigenvalue weighted by Crippen LogP contribution is -2.39. The van der Waals surface area contributed by atoms with E-state index in [0.29, 0.717) is 70.2 Å². The third-order valence-electron chi connectivity index (χ3n) is 24.2.